The number of aryl methyl sites for hydroxylation is 1. The van der Waals surface area contributed by atoms with Gasteiger partial charge in [-0.3, -0.25) is 9.78 Å². The lowest BCUT2D eigenvalue weighted by Crippen LogP contribution is -2.46. The number of carbonyl (C=O) groups is 2. The van der Waals surface area contributed by atoms with E-state index in [1.54, 1.807) is 18.3 Å². The van der Waals surface area contributed by atoms with Crippen molar-refractivity contribution in [1.29, 1.82) is 0 Å². The second-order valence-corrected chi connectivity index (χ2v) is 9.32. The third-order valence-electron chi connectivity index (χ3n) is 4.81. The number of pyridine rings is 2. The molecule has 0 unspecified atom stereocenters. The maximum Gasteiger partial charge on any atom is 0.407 e. The first kappa shape index (κ1) is 22.2. The molecular formula is C22H27BrN4O3. The molecule has 1 aliphatic rings. The van der Waals surface area contributed by atoms with Gasteiger partial charge in [0, 0.05) is 41.1 Å². The molecule has 3 rings (SSSR count). The molecule has 0 spiro atoms. The van der Waals surface area contributed by atoms with Crippen LogP contribution in [0.25, 0.3) is 0 Å². The highest BCUT2D eigenvalue weighted by Crippen LogP contribution is 2.21. The third kappa shape index (κ3) is 5.78. The Hall–Kier alpha value is -2.48. The molecule has 2 aromatic rings. The van der Waals surface area contributed by atoms with Gasteiger partial charge in [0.2, 0.25) is 5.78 Å². The molecule has 0 saturated carbocycles. The lowest BCUT2D eigenvalue weighted by atomic mass is 10.0. The largest absolute Gasteiger partial charge is 0.444 e. The molecule has 0 aliphatic carbocycles. The summed E-state index contributed by atoms with van der Waals surface area (Å²) in [5, 5.41) is 2.94. The number of anilines is 1. The second-order valence-electron chi connectivity index (χ2n) is 8.40. The molecule has 0 radical (unpaired) electrons. The lowest BCUT2D eigenvalue weighted by molar-refractivity contribution is 0.0497. The zero-order valence-corrected chi connectivity index (χ0v) is 19.3. The molecule has 0 bridgehead atoms. The summed E-state index contributed by atoms with van der Waals surface area (Å²) in [5.74, 6) is 0.613. The quantitative estimate of drug-likeness (QED) is 0.665. The molecule has 30 heavy (non-hydrogen) atoms. The highest BCUT2D eigenvalue weighted by atomic mass is 79.9. The zero-order valence-electron chi connectivity index (χ0n) is 17.7. The van der Waals surface area contributed by atoms with Crippen LogP contribution < -0.4 is 10.2 Å². The molecule has 8 heteroatoms. The van der Waals surface area contributed by atoms with Crippen molar-refractivity contribution >= 4 is 33.6 Å². The van der Waals surface area contributed by atoms with Crippen molar-refractivity contribution in [1.82, 2.24) is 15.3 Å². The summed E-state index contributed by atoms with van der Waals surface area (Å²) in [6.07, 6.45) is 2.86. The van der Waals surface area contributed by atoms with E-state index in [1.807, 2.05) is 39.8 Å². The first-order valence-corrected chi connectivity index (χ1v) is 10.8. The number of carbonyl (C=O) groups excluding carboxylic acids is 2. The Balaban J connectivity index is 1.64. The van der Waals surface area contributed by atoms with Gasteiger partial charge in [-0.15, -0.1) is 0 Å². The third-order valence-corrected chi connectivity index (χ3v) is 5.24. The van der Waals surface area contributed by atoms with Gasteiger partial charge in [0.05, 0.1) is 0 Å². The minimum atomic E-state index is -0.510. The molecule has 1 aliphatic heterocycles. The van der Waals surface area contributed by atoms with E-state index in [0.717, 1.165) is 36.2 Å². The van der Waals surface area contributed by atoms with Gasteiger partial charge in [-0.2, -0.15) is 0 Å². The number of piperidine rings is 1. The number of hydrogen-bond acceptors (Lipinski definition) is 6. The SMILES string of the molecule is Cc1ncc(Br)cc1C(=O)c1cccc(N2CCC(NC(=O)OC(C)(C)C)CC2)n1. The van der Waals surface area contributed by atoms with E-state index in [-0.39, 0.29) is 17.9 Å². The Labute approximate surface area is 185 Å². The zero-order chi connectivity index (χ0) is 21.9. The van der Waals surface area contributed by atoms with Gasteiger partial charge in [-0.1, -0.05) is 6.07 Å². The molecule has 0 atom stereocenters. The molecule has 0 aromatic carbocycles. The number of hydrogen-bond donors (Lipinski definition) is 1. The minimum absolute atomic E-state index is 0.0660. The Morgan fingerprint density at radius 1 is 1.23 bits per heavy atom. The summed E-state index contributed by atoms with van der Waals surface area (Å²) < 4.78 is 6.09. The predicted octanol–water partition coefficient (Wildman–Crippen LogP) is 4.27. The van der Waals surface area contributed by atoms with Crippen molar-refractivity contribution in [3.63, 3.8) is 0 Å². The van der Waals surface area contributed by atoms with Crippen molar-refractivity contribution in [2.75, 3.05) is 18.0 Å². The number of halogens is 1. The van der Waals surface area contributed by atoms with E-state index in [1.165, 1.54) is 0 Å². The van der Waals surface area contributed by atoms with Crippen LogP contribution in [0.3, 0.4) is 0 Å². The number of rotatable bonds is 4. The van der Waals surface area contributed by atoms with Crippen molar-refractivity contribution in [2.24, 2.45) is 0 Å². The van der Waals surface area contributed by atoms with Gasteiger partial charge < -0.3 is 15.0 Å². The Kier molecular flexibility index (Phi) is 6.75. The molecule has 2 aromatic heterocycles. The average Bonchev–Trinajstić information content (AvgIpc) is 2.68. The fraction of sp³-hybridized carbons (Fsp3) is 0.455. The van der Waals surface area contributed by atoms with E-state index in [2.05, 4.69) is 36.1 Å². The number of ketones is 1. The topological polar surface area (TPSA) is 84.4 Å². The summed E-state index contributed by atoms with van der Waals surface area (Å²) in [5.41, 5.74) is 1.09. The van der Waals surface area contributed by atoms with Gasteiger partial charge in [-0.25, -0.2) is 9.78 Å². The highest BCUT2D eigenvalue weighted by Gasteiger charge is 2.25. The molecule has 1 saturated heterocycles. The van der Waals surface area contributed by atoms with Crippen LogP contribution in [0, 0.1) is 6.92 Å². The van der Waals surface area contributed by atoms with Crippen LogP contribution >= 0.6 is 15.9 Å². The summed E-state index contributed by atoms with van der Waals surface area (Å²) >= 11 is 3.37. The number of ether oxygens (including phenoxy) is 1. The average molecular weight is 475 g/mol. The Bertz CT molecular complexity index is 934. The van der Waals surface area contributed by atoms with Gasteiger partial charge in [0.15, 0.2) is 0 Å². The van der Waals surface area contributed by atoms with Crippen molar-refractivity contribution in [3.05, 3.63) is 51.9 Å². The maximum atomic E-state index is 12.9. The van der Waals surface area contributed by atoms with E-state index in [4.69, 9.17) is 4.74 Å². The van der Waals surface area contributed by atoms with Gasteiger partial charge in [-0.05, 0) is 74.7 Å². The maximum absolute atomic E-state index is 12.9. The monoisotopic (exact) mass is 474 g/mol. The first-order chi connectivity index (χ1) is 14.1. The van der Waals surface area contributed by atoms with Crippen LogP contribution in [0.5, 0.6) is 0 Å². The number of amides is 1. The van der Waals surface area contributed by atoms with E-state index in [0.29, 0.717) is 17.0 Å². The molecule has 3 heterocycles. The Morgan fingerprint density at radius 3 is 2.60 bits per heavy atom. The number of alkyl carbamates (subject to hydrolysis) is 1. The number of nitrogens with zero attached hydrogens (tertiary/aromatic N) is 3. The molecule has 1 fully saturated rings. The van der Waals surface area contributed by atoms with E-state index < -0.39 is 5.60 Å². The smallest absolute Gasteiger partial charge is 0.407 e. The van der Waals surface area contributed by atoms with Crippen LogP contribution in [0.15, 0.2) is 34.9 Å². The number of nitrogens with one attached hydrogen (secondary N) is 1. The van der Waals surface area contributed by atoms with Crippen molar-refractivity contribution in [3.8, 4) is 0 Å². The van der Waals surface area contributed by atoms with Crippen LogP contribution in [-0.4, -0.2) is 46.6 Å². The molecule has 1 N–H and O–H groups in total. The van der Waals surface area contributed by atoms with Crippen LogP contribution in [0.2, 0.25) is 0 Å². The second kappa shape index (κ2) is 9.12. The standard InChI is InChI=1S/C22H27BrN4O3/c1-14-17(12-15(23)13-24-14)20(28)18-6-5-7-19(26-18)27-10-8-16(9-11-27)25-21(29)30-22(2,3)4/h5-7,12-13,16H,8-11H2,1-4H3,(H,25,29). The summed E-state index contributed by atoms with van der Waals surface area (Å²) in [6, 6.07) is 7.32. The molecule has 7 nitrogen and oxygen atoms in total. The number of aromatic nitrogens is 2. The van der Waals surface area contributed by atoms with E-state index in [9.17, 15) is 9.59 Å². The fourth-order valence-electron chi connectivity index (χ4n) is 3.33. The first-order valence-electron chi connectivity index (χ1n) is 10.0. The van der Waals surface area contributed by atoms with Crippen LogP contribution in [0.1, 0.15) is 55.4 Å². The summed E-state index contributed by atoms with van der Waals surface area (Å²) in [7, 11) is 0. The van der Waals surface area contributed by atoms with Gasteiger partial charge >= 0.3 is 6.09 Å². The fourth-order valence-corrected chi connectivity index (χ4v) is 3.66. The van der Waals surface area contributed by atoms with Crippen LogP contribution in [-0.2, 0) is 4.74 Å². The van der Waals surface area contributed by atoms with Crippen molar-refractivity contribution < 1.29 is 14.3 Å². The highest BCUT2D eigenvalue weighted by molar-refractivity contribution is 9.10. The molecular weight excluding hydrogens is 448 g/mol. The van der Waals surface area contributed by atoms with Crippen molar-refractivity contribution in [2.45, 2.75) is 52.2 Å². The van der Waals surface area contributed by atoms with Gasteiger partial charge in [0.25, 0.3) is 0 Å². The molecule has 1 amide bonds. The molecule has 160 valence electrons. The lowest BCUT2D eigenvalue weighted by Gasteiger charge is -2.33. The minimum Gasteiger partial charge on any atom is -0.444 e. The summed E-state index contributed by atoms with van der Waals surface area (Å²) in [4.78, 5) is 35.9. The summed E-state index contributed by atoms with van der Waals surface area (Å²) in [6.45, 7) is 8.83. The predicted molar refractivity (Wildman–Crippen MR) is 119 cm³/mol. The Morgan fingerprint density at radius 2 is 1.93 bits per heavy atom. The van der Waals surface area contributed by atoms with Crippen LogP contribution in [0.4, 0.5) is 10.6 Å². The van der Waals surface area contributed by atoms with E-state index >= 15 is 0 Å². The normalized spacial score (nSPS) is 15.0. The van der Waals surface area contributed by atoms with Gasteiger partial charge in [0.1, 0.15) is 17.1 Å².